The van der Waals surface area contributed by atoms with E-state index in [2.05, 4.69) is 0 Å². The van der Waals surface area contributed by atoms with E-state index in [0.29, 0.717) is 0 Å². The van der Waals surface area contributed by atoms with Crippen molar-refractivity contribution in [1.29, 1.82) is 0 Å². The second-order valence-corrected chi connectivity index (χ2v) is 6.81. The topological polar surface area (TPSA) is 63.4 Å². The summed E-state index contributed by atoms with van der Waals surface area (Å²) in [6.45, 7) is -0.649. The number of rotatable bonds is 5. The third-order valence-corrected chi connectivity index (χ3v) is 5.18. The van der Waals surface area contributed by atoms with Crippen LogP contribution in [0.2, 0.25) is 5.02 Å². The molecule has 0 amide bonds. The van der Waals surface area contributed by atoms with Gasteiger partial charge in [-0.15, -0.1) is 0 Å². The Hall–Kier alpha value is -0.900. The normalized spacial score (nSPS) is 12.7. The molecular weight excluding hydrogens is 349 g/mol. The number of benzene rings is 1. The Morgan fingerprint density at radius 2 is 2.00 bits per heavy atom. The van der Waals surface area contributed by atoms with Crippen molar-refractivity contribution < 1.29 is 21.6 Å². The zero-order chi connectivity index (χ0) is 16.4. The third kappa shape index (κ3) is 4.53. The maximum atomic E-state index is 12.5. The second kappa shape index (κ2) is 6.47. The molecule has 1 rings (SSSR count). The van der Waals surface area contributed by atoms with E-state index in [1.807, 2.05) is 0 Å². The Kier molecular flexibility index (Phi) is 5.59. The van der Waals surface area contributed by atoms with Gasteiger partial charge in [0.15, 0.2) is 0 Å². The molecule has 21 heavy (non-hydrogen) atoms. The summed E-state index contributed by atoms with van der Waals surface area (Å²) in [7, 11) is -4.40. The Bertz CT molecular complexity index is 647. The van der Waals surface area contributed by atoms with Crippen molar-refractivity contribution >= 4 is 38.8 Å². The molecule has 0 aliphatic rings. The van der Waals surface area contributed by atoms with Gasteiger partial charge in [-0.2, -0.15) is 17.5 Å². The zero-order valence-electron chi connectivity index (χ0n) is 10.8. The van der Waals surface area contributed by atoms with Crippen molar-refractivity contribution in [2.24, 2.45) is 5.73 Å². The zero-order valence-corrected chi connectivity index (χ0v) is 13.2. The largest absolute Gasteiger partial charge is 0.402 e. The Morgan fingerprint density at radius 3 is 2.43 bits per heavy atom. The highest BCUT2D eigenvalue weighted by atomic mass is 35.5. The smallest absolute Gasteiger partial charge is 0.389 e. The summed E-state index contributed by atoms with van der Waals surface area (Å²) >= 11 is 10.5. The lowest BCUT2D eigenvalue weighted by molar-refractivity contribution is -0.135. The van der Waals surface area contributed by atoms with Crippen LogP contribution < -0.4 is 5.73 Å². The molecule has 1 aromatic carbocycles. The molecule has 0 aromatic heterocycles. The highest BCUT2D eigenvalue weighted by Crippen LogP contribution is 2.28. The summed E-state index contributed by atoms with van der Waals surface area (Å²) in [4.78, 5) is -0.539. The first-order valence-corrected chi connectivity index (χ1v) is 7.88. The van der Waals surface area contributed by atoms with Gasteiger partial charge in [0.25, 0.3) is 0 Å². The molecule has 1 aromatic rings. The molecule has 0 unspecified atom stereocenters. The van der Waals surface area contributed by atoms with Gasteiger partial charge in [-0.3, -0.25) is 0 Å². The fourth-order valence-electron chi connectivity index (χ4n) is 1.56. The molecule has 0 radical (unpaired) electrons. The molecule has 0 saturated heterocycles. The van der Waals surface area contributed by atoms with Crippen LogP contribution >= 0.6 is 23.8 Å². The molecule has 0 aliphatic heterocycles. The number of alkyl halides is 3. The van der Waals surface area contributed by atoms with Crippen molar-refractivity contribution in [3.8, 4) is 0 Å². The standard InChI is InChI=1S/C11H12ClF3N2O2S2/c1-2-17(6-11(13,14)15)21(18,19)9-5-7(10(16)20)3-4-8(9)12/h3-5H,2,6H2,1H3,(H2,16,20). The van der Waals surface area contributed by atoms with Gasteiger partial charge in [0.1, 0.15) is 16.4 Å². The van der Waals surface area contributed by atoms with E-state index in [9.17, 15) is 21.6 Å². The fourth-order valence-corrected chi connectivity index (χ4v) is 3.62. The monoisotopic (exact) mass is 360 g/mol. The van der Waals surface area contributed by atoms with Crippen LogP contribution in [-0.2, 0) is 10.0 Å². The van der Waals surface area contributed by atoms with Gasteiger partial charge in [0.2, 0.25) is 10.0 Å². The quantitative estimate of drug-likeness (QED) is 0.820. The lowest BCUT2D eigenvalue weighted by Crippen LogP contribution is -2.38. The summed E-state index contributed by atoms with van der Waals surface area (Å²) in [5.41, 5.74) is 5.59. The molecule has 0 bridgehead atoms. The molecule has 4 nitrogen and oxygen atoms in total. The number of nitrogens with two attached hydrogens (primary N) is 1. The first-order chi connectivity index (χ1) is 9.49. The molecule has 0 heterocycles. The van der Waals surface area contributed by atoms with Crippen LogP contribution in [0.3, 0.4) is 0 Å². The maximum absolute atomic E-state index is 12.5. The van der Waals surface area contributed by atoms with E-state index in [1.165, 1.54) is 19.1 Å². The Labute approximate surface area is 130 Å². The van der Waals surface area contributed by atoms with Crippen LogP contribution in [-0.4, -0.2) is 37.0 Å². The average Bonchev–Trinajstić information content (AvgIpc) is 2.34. The summed E-state index contributed by atoms with van der Waals surface area (Å²) in [6, 6.07) is 3.69. The number of sulfonamides is 1. The Balaban J connectivity index is 3.35. The first-order valence-electron chi connectivity index (χ1n) is 5.65. The predicted octanol–water partition coefficient (Wildman–Crippen LogP) is 2.55. The molecule has 2 N–H and O–H groups in total. The number of hydrogen-bond acceptors (Lipinski definition) is 3. The van der Waals surface area contributed by atoms with Gasteiger partial charge in [0.05, 0.1) is 5.02 Å². The summed E-state index contributed by atoms with van der Waals surface area (Å²) < 4.78 is 62.3. The van der Waals surface area contributed by atoms with Crippen LogP contribution in [0.1, 0.15) is 12.5 Å². The van der Waals surface area contributed by atoms with Crippen LogP contribution in [0.5, 0.6) is 0 Å². The SMILES string of the molecule is CCN(CC(F)(F)F)S(=O)(=O)c1cc(C(N)=S)ccc1Cl. The molecule has 0 fully saturated rings. The fraction of sp³-hybridized carbons (Fsp3) is 0.364. The minimum atomic E-state index is -4.66. The lowest BCUT2D eigenvalue weighted by Gasteiger charge is -2.22. The molecule has 118 valence electrons. The van der Waals surface area contributed by atoms with Crippen molar-refractivity contribution in [3.05, 3.63) is 28.8 Å². The van der Waals surface area contributed by atoms with E-state index in [1.54, 1.807) is 0 Å². The first kappa shape index (κ1) is 18.1. The van der Waals surface area contributed by atoms with E-state index in [4.69, 9.17) is 29.6 Å². The average molecular weight is 361 g/mol. The van der Waals surface area contributed by atoms with E-state index >= 15 is 0 Å². The van der Waals surface area contributed by atoms with E-state index in [0.717, 1.165) is 6.07 Å². The summed E-state index contributed by atoms with van der Waals surface area (Å²) in [5.74, 6) is 0. The molecule has 0 spiro atoms. The van der Waals surface area contributed by atoms with Crippen molar-refractivity contribution in [2.75, 3.05) is 13.1 Å². The van der Waals surface area contributed by atoms with Crippen LogP contribution in [0.4, 0.5) is 13.2 Å². The predicted molar refractivity (Wildman–Crippen MR) is 77.8 cm³/mol. The number of hydrogen-bond donors (Lipinski definition) is 1. The van der Waals surface area contributed by atoms with Crippen molar-refractivity contribution in [3.63, 3.8) is 0 Å². The second-order valence-electron chi connectivity index (χ2n) is 4.06. The Morgan fingerprint density at radius 1 is 1.43 bits per heavy atom. The molecule has 0 aliphatic carbocycles. The van der Waals surface area contributed by atoms with Gasteiger partial charge >= 0.3 is 6.18 Å². The van der Waals surface area contributed by atoms with Crippen LogP contribution in [0.25, 0.3) is 0 Å². The van der Waals surface area contributed by atoms with Gasteiger partial charge < -0.3 is 5.73 Å². The van der Waals surface area contributed by atoms with E-state index in [-0.39, 0.29) is 26.4 Å². The number of thiocarbonyl (C=S) groups is 1. The van der Waals surface area contributed by atoms with Crippen LogP contribution in [0.15, 0.2) is 23.1 Å². The summed E-state index contributed by atoms with van der Waals surface area (Å²) in [5, 5.41) is -0.198. The highest BCUT2D eigenvalue weighted by molar-refractivity contribution is 7.89. The summed E-state index contributed by atoms with van der Waals surface area (Å²) in [6.07, 6.45) is -4.66. The van der Waals surface area contributed by atoms with Gasteiger partial charge in [-0.1, -0.05) is 36.8 Å². The van der Waals surface area contributed by atoms with E-state index < -0.39 is 27.6 Å². The number of halogens is 4. The van der Waals surface area contributed by atoms with Gasteiger partial charge in [0, 0.05) is 12.1 Å². The lowest BCUT2D eigenvalue weighted by atomic mass is 10.2. The van der Waals surface area contributed by atoms with Gasteiger partial charge in [-0.25, -0.2) is 8.42 Å². The number of nitrogens with zero attached hydrogens (tertiary/aromatic N) is 1. The molecule has 0 atom stereocenters. The maximum Gasteiger partial charge on any atom is 0.402 e. The molecule has 0 saturated carbocycles. The third-order valence-electron chi connectivity index (χ3n) is 2.54. The van der Waals surface area contributed by atoms with Crippen molar-refractivity contribution in [2.45, 2.75) is 18.0 Å². The molecule has 10 heteroatoms. The highest BCUT2D eigenvalue weighted by Gasteiger charge is 2.37. The van der Waals surface area contributed by atoms with Gasteiger partial charge in [-0.05, 0) is 12.1 Å². The van der Waals surface area contributed by atoms with Crippen LogP contribution in [0, 0.1) is 0 Å². The van der Waals surface area contributed by atoms with Crippen molar-refractivity contribution in [1.82, 2.24) is 4.31 Å². The molecular formula is C11H12ClF3N2O2S2. The minimum absolute atomic E-state index is 0.0815. The minimum Gasteiger partial charge on any atom is -0.389 e.